The minimum atomic E-state index is -0.731. The summed E-state index contributed by atoms with van der Waals surface area (Å²) in [6.45, 7) is 5.67. The molecule has 0 amide bonds. The predicted molar refractivity (Wildman–Crippen MR) is 197 cm³/mol. The third kappa shape index (κ3) is 15.7. The molecule has 5 aliphatic rings. The molecule has 5 rings (SSSR count). The van der Waals surface area contributed by atoms with Gasteiger partial charge in [-0.1, -0.05) is 62.6 Å². The molecule has 4 saturated carbocycles. The molecule has 0 N–H and O–H groups in total. The van der Waals surface area contributed by atoms with Crippen molar-refractivity contribution < 1.29 is 33.3 Å². The molecule has 0 radical (unpaired) electrons. The lowest BCUT2D eigenvalue weighted by atomic mass is 9.49. The van der Waals surface area contributed by atoms with Crippen molar-refractivity contribution in [2.24, 2.45) is 29.1 Å². The van der Waals surface area contributed by atoms with Crippen LogP contribution in [0.4, 0.5) is 4.79 Å². The molecule has 1 unspecified atom stereocenters. The average molecular weight is 698 g/mol. The van der Waals surface area contributed by atoms with Crippen LogP contribution in [0.25, 0.3) is 0 Å². The van der Waals surface area contributed by atoms with E-state index in [1.165, 1.54) is 32.1 Å². The molecule has 1 aliphatic heterocycles. The number of hydrogen-bond acceptors (Lipinski definition) is 8. The SMILES string of the molecule is CC/C=C\C/C=C\C/C=C\CCCCCCCC(=O)OCC(COC(=O)CC12CC3CC(CC(C3)C1)C2)COC(=O)OCCCN1CCCC1. The Morgan fingerprint density at radius 1 is 0.680 bits per heavy atom. The van der Waals surface area contributed by atoms with Crippen molar-refractivity contribution in [2.75, 3.05) is 46.1 Å². The van der Waals surface area contributed by atoms with E-state index in [9.17, 15) is 14.4 Å². The number of rotatable bonds is 25. The molecule has 1 heterocycles. The van der Waals surface area contributed by atoms with E-state index in [1.807, 2.05) is 0 Å². The first kappa shape index (κ1) is 40.2. The molecular weight excluding hydrogens is 630 g/mol. The molecule has 5 fully saturated rings. The Bertz CT molecular complexity index is 1060. The number of nitrogens with zero attached hydrogens (tertiary/aromatic N) is 1. The van der Waals surface area contributed by atoms with Crippen LogP contribution >= 0.6 is 0 Å². The van der Waals surface area contributed by atoms with Gasteiger partial charge >= 0.3 is 18.1 Å². The van der Waals surface area contributed by atoms with E-state index in [2.05, 4.69) is 48.3 Å². The van der Waals surface area contributed by atoms with E-state index in [1.54, 1.807) is 0 Å². The van der Waals surface area contributed by atoms with Gasteiger partial charge in [-0.25, -0.2) is 4.79 Å². The maximum absolute atomic E-state index is 13.1. The normalized spacial score (nSPS) is 25.2. The number of hydrogen-bond donors (Lipinski definition) is 0. The second-order valence-corrected chi connectivity index (χ2v) is 15.7. The molecule has 1 atom stereocenters. The molecular formula is C42H67NO7. The van der Waals surface area contributed by atoms with E-state index >= 15 is 0 Å². The standard InChI is InChI=1S/C42H67NO7/c1-2-3-4-5-6-7-8-9-10-11-12-13-14-15-16-20-39(44)48-32-38(34-50-41(46)47-24-19-23-43-21-17-18-22-43)33-49-40(45)31-42-28-35-25-36(29-42)27-37(26-35)30-42/h3-4,6-7,9-10,35-38H,2,5,8,11-34H2,1H3/b4-3-,7-6-,10-9-. The van der Waals surface area contributed by atoms with Crippen molar-refractivity contribution >= 4 is 18.1 Å². The van der Waals surface area contributed by atoms with E-state index in [0.717, 1.165) is 121 Å². The third-order valence-corrected chi connectivity index (χ3v) is 11.2. The maximum Gasteiger partial charge on any atom is 0.508 e. The molecule has 0 aromatic heterocycles. The zero-order chi connectivity index (χ0) is 35.3. The van der Waals surface area contributed by atoms with Crippen LogP contribution in [0.3, 0.4) is 0 Å². The molecule has 282 valence electrons. The minimum Gasteiger partial charge on any atom is -0.465 e. The highest BCUT2D eigenvalue weighted by Gasteiger charge is 2.51. The fraction of sp³-hybridized carbons (Fsp3) is 0.786. The first-order valence-corrected chi connectivity index (χ1v) is 20.2. The van der Waals surface area contributed by atoms with E-state index in [-0.39, 0.29) is 37.2 Å². The predicted octanol–water partition coefficient (Wildman–Crippen LogP) is 9.52. The lowest BCUT2D eigenvalue weighted by molar-refractivity contribution is -0.155. The van der Waals surface area contributed by atoms with Crippen molar-refractivity contribution in [1.82, 2.24) is 4.90 Å². The van der Waals surface area contributed by atoms with E-state index in [4.69, 9.17) is 18.9 Å². The summed E-state index contributed by atoms with van der Waals surface area (Å²) in [6, 6.07) is 0. The molecule has 0 aromatic carbocycles. The molecule has 1 saturated heterocycles. The van der Waals surface area contributed by atoms with Gasteiger partial charge in [0, 0.05) is 13.0 Å². The van der Waals surface area contributed by atoms with Crippen LogP contribution in [0.15, 0.2) is 36.5 Å². The topological polar surface area (TPSA) is 91.4 Å². The Hall–Kier alpha value is -2.61. The summed E-state index contributed by atoms with van der Waals surface area (Å²) < 4.78 is 22.1. The molecule has 8 heteroatoms. The van der Waals surface area contributed by atoms with Crippen LogP contribution in [0.5, 0.6) is 0 Å². The summed E-state index contributed by atoms with van der Waals surface area (Å²) in [6.07, 6.45) is 33.5. The Labute approximate surface area is 302 Å². The van der Waals surface area contributed by atoms with Crippen molar-refractivity contribution in [1.29, 1.82) is 0 Å². The van der Waals surface area contributed by atoms with Crippen molar-refractivity contribution in [3.63, 3.8) is 0 Å². The summed E-state index contributed by atoms with van der Waals surface area (Å²) in [7, 11) is 0. The van der Waals surface area contributed by atoms with Crippen LogP contribution in [0.1, 0.15) is 135 Å². The molecule has 4 bridgehead atoms. The van der Waals surface area contributed by atoms with Gasteiger partial charge in [0.25, 0.3) is 0 Å². The number of allylic oxidation sites excluding steroid dienone is 6. The summed E-state index contributed by atoms with van der Waals surface area (Å²) in [4.78, 5) is 40.4. The molecule has 50 heavy (non-hydrogen) atoms. The maximum atomic E-state index is 13.1. The highest BCUT2D eigenvalue weighted by molar-refractivity contribution is 5.70. The number of unbranched alkanes of at least 4 members (excludes halogenated alkanes) is 5. The van der Waals surface area contributed by atoms with Gasteiger partial charge in [-0.05, 0) is 133 Å². The highest BCUT2D eigenvalue weighted by Crippen LogP contribution is 2.61. The van der Waals surface area contributed by atoms with Crippen molar-refractivity contribution in [2.45, 2.75) is 135 Å². The first-order valence-electron chi connectivity index (χ1n) is 20.2. The highest BCUT2D eigenvalue weighted by atomic mass is 16.7. The summed E-state index contributed by atoms with van der Waals surface area (Å²) in [5.41, 5.74) is 0.100. The molecule has 0 aromatic rings. The van der Waals surface area contributed by atoms with Crippen molar-refractivity contribution in [3.8, 4) is 0 Å². The Morgan fingerprint density at radius 3 is 1.94 bits per heavy atom. The quantitative estimate of drug-likeness (QED) is 0.0403. The van der Waals surface area contributed by atoms with E-state index in [0.29, 0.717) is 19.4 Å². The van der Waals surface area contributed by atoms with Gasteiger partial charge in [0.15, 0.2) is 0 Å². The Kier molecular flexibility index (Phi) is 18.5. The van der Waals surface area contributed by atoms with Gasteiger partial charge in [0.1, 0.15) is 19.8 Å². The second-order valence-electron chi connectivity index (χ2n) is 15.7. The summed E-state index contributed by atoms with van der Waals surface area (Å²) >= 11 is 0. The fourth-order valence-electron chi connectivity index (χ4n) is 9.07. The van der Waals surface area contributed by atoms with Crippen molar-refractivity contribution in [3.05, 3.63) is 36.5 Å². The van der Waals surface area contributed by atoms with Crippen LogP contribution in [-0.4, -0.2) is 69.1 Å². The monoisotopic (exact) mass is 697 g/mol. The van der Waals surface area contributed by atoms with Gasteiger partial charge in [-0.15, -0.1) is 0 Å². The van der Waals surface area contributed by atoms with Gasteiger partial charge < -0.3 is 23.8 Å². The lowest BCUT2D eigenvalue weighted by Gasteiger charge is -2.56. The minimum absolute atomic E-state index is 0.0239. The van der Waals surface area contributed by atoms with Crippen LogP contribution in [0, 0.1) is 29.1 Å². The molecule has 8 nitrogen and oxygen atoms in total. The number of likely N-dealkylation sites (tertiary alicyclic amines) is 1. The number of carbonyl (C=O) groups excluding carboxylic acids is 3. The van der Waals surface area contributed by atoms with Crippen LogP contribution in [-0.2, 0) is 28.5 Å². The van der Waals surface area contributed by atoms with Gasteiger partial charge in [-0.3, -0.25) is 9.59 Å². The first-order chi connectivity index (χ1) is 24.4. The molecule has 4 aliphatic carbocycles. The average Bonchev–Trinajstić information content (AvgIpc) is 3.61. The van der Waals surface area contributed by atoms with Gasteiger partial charge in [0.2, 0.25) is 0 Å². The smallest absolute Gasteiger partial charge is 0.465 e. The number of esters is 2. The molecule has 0 spiro atoms. The van der Waals surface area contributed by atoms with Crippen LogP contribution < -0.4 is 0 Å². The Morgan fingerprint density at radius 2 is 1.26 bits per heavy atom. The van der Waals surface area contributed by atoms with Gasteiger partial charge in [-0.2, -0.15) is 0 Å². The second kappa shape index (κ2) is 23.1. The van der Waals surface area contributed by atoms with Crippen LogP contribution in [0.2, 0.25) is 0 Å². The fourth-order valence-corrected chi connectivity index (χ4v) is 9.07. The third-order valence-electron chi connectivity index (χ3n) is 11.2. The number of carbonyl (C=O) groups is 3. The Balaban J connectivity index is 1.09. The summed E-state index contributed by atoms with van der Waals surface area (Å²) in [5.74, 6) is 1.44. The lowest BCUT2D eigenvalue weighted by Crippen LogP contribution is -2.47. The largest absolute Gasteiger partial charge is 0.508 e. The number of ether oxygens (including phenoxy) is 4. The zero-order valence-electron chi connectivity index (χ0n) is 31.2. The van der Waals surface area contributed by atoms with Gasteiger partial charge in [0.05, 0.1) is 18.9 Å². The zero-order valence-corrected chi connectivity index (χ0v) is 31.2. The summed E-state index contributed by atoms with van der Waals surface area (Å²) in [5, 5.41) is 0. The van der Waals surface area contributed by atoms with E-state index < -0.39 is 12.1 Å².